The minimum Gasteiger partial charge on any atom is -0.339 e. The van der Waals surface area contributed by atoms with Crippen LogP contribution in [-0.2, 0) is 4.79 Å². The highest BCUT2D eigenvalue weighted by molar-refractivity contribution is 5.94. The number of hydrogen-bond donors (Lipinski definition) is 1. The molecular formula is C20H28ClF2N3O2. The lowest BCUT2D eigenvalue weighted by atomic mass is 9.90. The van der Waals surface area contributed by atoms with E-state index < -0.39 is 17.5 Å². The molecule has 2 aliphatic rings. The molecule has 2 amide bonds. The van der Waals surface area contributed by atoms with E-state index in [0.717, 1.165) is 31.9 Å². The van der Waals surface area contributed by atoms with Crippen molar-refractivity contribution >= 4 is 24.2 Å². The molecule has 1 aromatic carbocycles. The van der Waals surface area contributed by atoms with Crippen LogP contribution in [-0.4, -0.2) is 53.3 Å². The van der Waals surface area contributed by atoms with Gasteiger partial charge in [-0.3, -0.25) is 9.59 Å². The zero-order valence-electron chi connectivity index (χ0n) is 16.1. The number of likely N-dealkylation sites (tertiary alicyclic amines) is 2. The van der Waals surface area contributed by atoms with E-state index in [2.05, 4.69) is 0 Å². The molecule has 0 aromatic heterocycles. The summed E-state index contributed by atoms with van der Waals surface area (Å²) in [6.45, 7) is 3.46. The molecule has 5 nitrogen and oxygen atoms in total. The predicted octanol–water partition coefficient (Wildman–Crippen LogP) is 2.97. The first-order valence-electron chi connectivity index (χ1n) is 9.69. The number of amides is 2. The molecule has 8 heteroatoms. The van der Waals surface area contributed by atoms with Crippen molar-refractivity contribution in [2.75, 3.05) is 19.6 Å². The lowest BCUT2D eigenvalue weighted by Gasteiger charge is -2.41. The van der Waals surface area contributed by atoms with Gasteiger partial charge >= 0.3 is 0 Å². The summed E-state index contributed by atoms with van der Waals surface area (Å²) in [5.74, 6) is -2.03. The lowest BCUT2D eigenvalue weighted by molar-refractivity contribution is -0.141. The Morgan fingerprint density at radius 1 is 1.11 bits per heavy atom. The van der Waals surface area contributed by atoms with Crippen LogP contribution in [0.3, 0.4) is 0 Å². The van der Waals surface area contributed by atoms with Crippen molar-refractivity contribution < 1.29 is 18.4 Å². The van der Waals surface area contributed by atoms with Gasteiger partial charge in [0.05, 0.1) is 5.56 Å². The molecule has 2 fully saturated rings. The van der Waals surface area contributed by atoms with Crippen molar-refractivity contribution in [3.63, 3.8) is 0 Å². The Bertz CT molecular complexity index is 709. The standard InChI is InChI=1S/C20H27F2N3O2.ClH/c1-13(23)18-4-2-3-9-25(18)19(26)14-7-10-24(11-8-14)20(27)16-6-5-15(21)12-17(16)22;/h5-6,12-14,18H,2-4,7-11,23H2,1H3;1H. The lowest BCUT2D eigenvalue weighted by Crippen LogP contribution is -2.54. The minimum atomic E-state index is -0.855. The van der Waals surface area contributed by atoms with Crippen LogP contribution < -0.4 is 5.73 Å². The summed E-state index contributed by atoms with van der Waals surface area (Å²) in [7, 11) is 0. The Balaban J connectivity index is 0.00000280. The van der Waals surface area contributed by atoms with Gasteiger partial charge < -0.3 is 15.5 Å². The number of carbonyl (C=O) groups is 2. The molecule has 0 saturated carbocycles. The third-order valence-electron chi connectivity index (χ3n) is 5.73. The highest BCUT2D eigenvalue weighted by Crippen LogP contribution is 2.26. The molecule has 1 aromatic rings. The van der Waals surface area contributed by atoms with Crippen LogP contribution in [0, 0.1) is 17.6 Å². The number of nitrogens with two attached hydrogens (primary N) is 1. The van der Waals surface area contributed by atoms with Crippen LogP contribution in [0.4, 0.5) is 8.78 Å². The smallest absolute Gasteiger partial charge is 0.256 e. The topological polar surface area (TPSA) is 66.6 Å². The third-order valence-corrected chi connectivity index (χ3v) is 5.73. The van der Waals surface area contributed by atoms with E-state index in [1.165, 1.54) is 6.07 Å². The van der Waals surface area contributed by atoms with Crippen molar-refractivity contribution in [1.29, 1.82) is 0 Å². The van der Waals surface area contributed by atoms with Crippen LogP contribution >= 0.6 is 12.4 Å². The second-order valence-corrected chi connectivity index (χ2v) is 7.64. The van der Waals surface area contributed by atoms with E-state index in [0.29, 0.717) is 32.0 Å². The molecule has 156 valence electrons. The highest BCUT2D eigenvalue weighted by atomic mass is 35.5. The molecule has 3 rings (SSSR count). The van der Waals surface area contributed by atoms with E-state index in [4.69, 9.17) is 5.73 Å². The molecule has 2 saturated heterocycles. The van der Waals surface area contributed by atoms with Gasteiger partial charge in [-0.25, -0.2) is 8.78 Å². The maximum Gasteiger partial charge on any atom is 0.256 e. The molecule has 2 unspecified atom stereocenters. The largest absolute Gasteiger partial charge is 0.339 e. The number of carbonyl (C=O) groups excluding carboxylic acids is 2. The van der Waals surface area contributed by atoms with Gasteiger partial charge in [0.2, 0.25) is 5.91 Å². The average Bonchev–Trinajstić information content (AvgIpc) is 2.67. The van der Waals surface area contributed by atoms with E-state index in [1.54, 1.807) is 4.90 Å². The van der Waals surface area contributed by atoms with Crippen molar-refractivity contribution in [2.45, 2.75) is 51.1 Å². The first kappa shape index (κ1) is 22.6. The van der Waals surface area contributed by atoms with E-state index in [-0.39, 0.29) is 41.9 Å². The van der Waals surface area contributed by atoms with Crippen molar-refractivity contribution in [3.8, 4) is 0 Å². The van der Waals surface area contributed by atoms with Crippen LogP contribution in [0.1, 0.15) is 49.4 Å². The second kappa shape index (κ2) is 9.65. The average molecular weight is 416 g/mol. The molecule has 28 heavy (non-hydrogen) atoms. The summed E-state index contributed by atoms with van der Waals surface area (Å²) in [6, 6.07) is 2.99. The highest BCUT2D eigenvalue weighted by Gasteiger charge is 2.35. The van der Waals surface area contributed by atoms with E-state index in [1.807, 2.05) is 11.8 Å². The van der Waals surface area contributed by atoms with Crippen LogP contribution in [0.5, 0.6) is 0 Å². The number of rotatable bonds is 3. The fourth-order valence-electron chi connectivity index (χ4n) is 4.17. The zero-order valence-corrected chi connectivity index (χ0v) is 16.9. The fourth-order valence-corrected chi connectivity index (χ4v) is 4.17. The van der Waals surface area contributed by atoms with Crippen molar-refractivity contribution in [3.05, 3.63) is 35.4 Å². The van der Waals surface area contributed by atoms with E-state index >= 15 is 0 Å². The van der Waals surface area contributed by atoms with Gasteiger partial charge in [0, 0.05) is 43.7 Å². The molecule has 2 N–H and O–H groups in total. The SMILES string of the molecule is CC(N)C1CCCCN1C(=O)C1CCN(C(=O)c2ccc(F)cc2F)CC1.Cl. The summed E-state index contributed by atoms with van der Waals surface area (Å²) in [5, 5.41) is 0. The molecule has 2 atom stereocenters. The Hall–Kier alpha value is -1.73. The molecule has 2 aliphatic heterocycles. The molecule has 0 aliphatic carbocycles. The maximum atomic E-state index is 13.9. The number of halogens is 3. The number of piperidine rings is 2. The first-order chi connectivity index (χ1) is 12.9. The Kier molecular flexibility index (Phi) is 7.78. The van der Waals surface area contributed by atoms with Gasteiger partial charge in [-0.2, -0.15) is 0 Å². The Morgan fingerprint density at radius 3 is 2.39 bits per heavy atom. The summed E-state index contributed by atoms with van der Waals surface area (Å²) >= 11 is 0. The third kappa shape index (κ3) is 4.81. The van der Waals surface area contributed by atoms with Crippen molar-refractivity contribution in [1.82, 2.24) is 9.80 Å². The van der Waals surface area contributed by atoms with Gasteiger partial charge in [0.25, 0.3) is 5.91 Å². The summed E-state index contributed by atoms with van der Waals surface area (Å²) in [4.78, 5) is 28.9. The monoisotopic (exact) mass is 415 g/mol. The van der Waals surface area contributed by atoms with Crippen LogP contribution in [0.2, 0.25) is 0 Å². The van der Waals surface area contributed by atoms with Gasteiger partial charge in [-0.15, -0.1) is 12.4 Å². The van der Waals surface area contributed by atoms with Crippen LogP contribution in [0.15, 0.2) is 18.2 Å². The molecule has 2 heterocycles. The molecular weight excluding hydrogens is 388 g/mol. The molecule has 0 radical (unpaired) electrons. The Labute approximate surface area is 170 Å². The fraction of sp³-hybridized carbons (Fsp3) is 0.600. The van der Waals surface area contributed by atoms with Gasteiger partial charge in [0.1, 0.15) is 11.6 Å². The normalized spacial score (nSPS) is 21.8. The van der Waals surface area contributed by atoms with Crippen molar-refractivity contribution in [2.24, 2.45) is 11.7 Å². The van der Waals surface area contributed by atoms with Gasteiger partial charge in [-0.05, 0) is 51.2 Å². The molecule has 0 bridgehead atoms. The first-order valence-corrected chi connectivity index (χ1v) is 9.69. The maximum absolute atomic E-state index is 13.9. The number of benzene rings is 1. The predicted molar refractivity (Wildman–Crippen MR) is 105 cm³/mol. The molecule has 0 spiro atoms. The zero-order chi connectivity index (χ0) is 19.6. The van der Waals surface area contributed by atoms with E-state index in [9.17, 15) is 18.4 Å². The minimum absolute atomic E-state index is 0. The Morgan fingerprint density at radius 2 is 1.79 bits per heavy atom. The number of nitrogens with zero attached hydrogens (tertiary/aromatic N) is 2. The summed E-state index contributed by atoms with van der Waals surface area (Å²) in [6.07, 6.45) is 4.12. The summed E-state index contributed by atoms with van der Waals surface area (Å²) in [5.41, 5.74) is 5.94. The van der Waals surface area contributed by atoms with Crippen LogP contribution in [0.25, 0.3) is 0 Å². The van der Waals surface area contributed by atoms with Gasteiger partial charge in [0.15, 0.2) is 0 Å². The second-order valence-electron chi connectivity index (χ2n) is 7.64. The quantitative estimate of drug-likeness (QED) is 0.825. The van der Waals surface area contributed by atoms with Gasteiger partial charge in [-0.1, -0.05) is 0 Å². The summed E-state index contributed by atoms with van der Waals surface area (Å²) < 4.78 is 26.9. The number of hydrogen-bond acceptors (Lipinski definition) is 3.